The molecule has 0 spiro atoms. The average molecular weight is 366 g/mol. The third-order valence-corrected chi connectivity index (χ3v) is 5.18. The number of hydrogen-bond acceptors (Lipinski definition) is 6. The molecule has 3 aromatic heterocycles. The van der Waals surface area contributed by atoms with E-state index in [0.29, 0.717) is 11.9 Å². The molecule has 0 aliphatic carbocycles. The van der Waals surface area contributed by atoms with Crippen molar-refractivity contribution in [3.05, 3.63) is 30.2 Å². The number of fused-ring (bicyclic) bond motifs is 1. The number of aryl methyl sites for hydroxylation is 2. The Morgan fingerprint density at radius 1 is 1.30 bits per heavy atom. The summed E-state index contributed by atoms with van der Waals surface area (Å²) < 4.78 is 7.72. The van der Waals surface area contributed by atoms with E-state index < -0.39 is 0 Å². The molecule has 1 aliphatic heterocycles. The Labute approximate surface area is 159 Å². The molecule has 7 heteroatoms. The molecule has 142 valence electrons. The maximum absolute atomic E-state index is 5.89. The van der Waals surface area contributed by atoms with E-state index in [4.69, 9.17) is 14.7 Å². The van der Waals surface area contributed by atoms with Gasteiger partial charge in [0, 0.05) is 45.2 Å². The monoisotopic (exact) mass is 366 g/mol. The number of aromatic nitrogens is 5. The van der Waals surface area contributed by atoms with E-state index in [-0.39, 0.29) is 0 Å². The number of ether oxygens (including phenoxy) is 1. The second-order valence-electron chi connectivity index (χ2n) is 7.22. The summed E-state index contributed by atoms with van der Waals surface area (Å²) in [5.74, 6) is 1.59. The quantitative estimate of drug-likeness (QED) is 0.691. The molecule has 0 N–H and O–H groups in total. The lowest BCUT2D eigenvalue weighted by molar-refractivity contribution is 0.0127. The van der Waals surface area contributed by atoms with Crippen LogP contribution in [0.5, 0.6) is 0 Å². The van der Waals surface area contributed by atoms with Gasteiger partial charge in [0.05, 0.1) is 17.2 Å². The van der Waals surface area contributed by atoms with Crippen LogP contribution in [0, 0.1) is 6.92 Å². The summed E-state index contributed by atoms with van der Waals surface area (Å²) in [7, 11) is 4.01. The largest absolute Gasteiger partial charge is 0.378 e. The normalized spacial score (nSPS) is 17.4. The zero-order valence-electron chi connectivity index (χ0n) is 16.2. The Bertz CT molecular complexity index is 917. The Hall–Kier alpha value is -2.54. The third-order valence-electron chi connectivity index (χ3n) is 5.18. The molecule has 0 saturated carbocycles. The van der Waals surface area contributed by atoms with Crippen molar-refractivity contribution >= 4 is 16.9 Å². The molecular weight excluding hydrogens is 340 g/mol. The fourth-order valence-electron chi connectivity index (χ4n) is 3.70. The van der Waals surface area contributed by atoms with Gasteiger partial charge < -0.3 is 9.64 Å². The Kier molecular flexibility index (Phi) is 5.03. The smallest absolute Gasteiger partial charge is 0.165 e. The zero-order chi connectivity index (χ0) is 18.8. The molecule has 1 atom stereocenters. The van der Waals surface area contributed by atoms with E-state index in [1.54, 1.807) is 12.4 Å². The summed E-state index contributed by atoms with van der Waals surface area (Å²) >= 11 is 0. The average Bonchev–Trinajstić information content (AvgIpc) is 3.00. The third kappa shape index (κ3) is 3.64. The lowest BCUT2D eigenvalue weighted by Crippen LogP contribution is -2.27. The first-order valence-electron chi connectivity index (χ1n) is 9.58. The first kappa shape index (κ1) is 17.9. The highest BCUT2D eigenvalue weighted by molar-refractivity contribution is 5.91. The number of rotatable bonds is 5. The predicted molar refractivity (Wildman–Crippen MR) is 106 cm³/mol. The van der Waals surface area contributed by atoms with Crippen molar-refractivity contribution in [2.45, 2.75) is 38.7 Å². The molecule has 7 nitrogen and oxygen atoms in total. The highest BCUT2D eigenvalue weighted by atomic mass is 16.5. The van der Waals surface area contributed by atoms with Gasteiger partial charge in [-0.15, -0.1) is 0 Å². The van der Waals surface area contributed by atoms with Crippen molar-refractivity contribution < 1.29 is 4.74 Å². The van der Waals surface area contributed by atoms with Crippen LogP contribution in [0.4, 0.5) is 5.82 Å². The van der Waals surface area contributed by atoms with Gasteiger partial charge in [0.15, 0.2) is 11.5 Å². The van der Waals surface area contributed by atoms with Crippen molar-refractivity contribution in [1.29, 1.82) is 0 Å². The Morgan fingerprint density at radius 2 is 2.19 bits per heavy atom. The van der Waals surface area contributed by atoms with Crippen LogP contribution in [0.2, 0.25) is 0 Å². The van der Waals surface area contributed by atoms with Gasteiger partial charge in [-0.25, -0.2) is 9.97 Å². The van der Waals surface area contributed by atoms with E-state index in [1.165, 1.54) is 12.8 Å². The maximum Gasteiger partial charge on any atom is 0.165 e. The minimum Gasteiger partial charge on any atom is -0.378 e. The van der Waals surface area contributed by atoms with E-state index in [0.717, 1.165) is 54.1 Å². The van der Waals surface area contributed by atoms with E-state index in [9.17, 15) is 0 Å². The van der Waals surface area contributed by atoms with Crippen LogP contribution in [-0.4, -0.2) is 51.0 Å². The van der Waals surface area contributed by atoms with Gasteiger partial charge in [-0.05, 0) is 44.7 Å². The summed E-state index contributed by atoms with van der Waals surface area (Å²) in [5.41, 5.74) is 2.70. The van der Waals surface area contributed by atoms with Crippen LogP contribution >= 0.6 is 0 Å². The van der Waals surface area contributed by atoms with E-state index in [2.05, 4.69) is 22.0 Å². The molecule has 0 aromatic carbocycles. The molecule has 0 bridgehead atoms. The fourth-order valence-corrected chi connectivity index (χ4v) is 3.70. The molecule has 4 rings (SSSR count). The first-order valence-corrected chi connectivity index (χ1v) is 9.58. The Morgan fingerprint density at radius 3 is 2.93 bits per heavy atom. The van der Waals surface area contributed by atoms with Gasteiger partial charge in [0.1, 0.15) is 5.82 Å². The topological polar surface area (TPSA) is 69.0 Å². The summed E-state index contributed by atoms with van der Waals surface area (Å²) in [4.78, 5) is 16.1. The van der Waals surface area contributed by atoms with Gasteiger partial charge in [0.2, 0.25) is 0 Å². The number of anilines is 1. The molecule has 1 aliphatic rings. The van der Waals surface area contributed by atoms with Crippen LogP contribution in [0.3, 0.4) is 0 Å². The highest BCUT2D eigenvalue weighted by Gasteiger charge is 2.20. The van der Waals surface area contributed by atoms with Crippen molar-refractivity contribution in [3.63, 3.8) is 0 Å². The van der Waals surface area contributed by atoms with Gasteiger partial charge in [-0.2, -0.15) is 5.10 Å². The molecular formula is C20H26N6O. The SMILES string of the molecule is Cc1nn(C)c2nc(-c3cccnc3)nc(N(C)CCC3CCCCO3)c12. The summed E-state index contributed by atoms with van der Waals surface area (Å²) in [6.07, 6.45) is 8.51. The zero-order valence-corrected chi connectivity index (χ0v) is 16.2. The van der Waals surface area contributed by atoms with E-state index >= 15 is 0 Å². The second kappa shape index (κ2) is 7.60. The molecule has 4 heterocycles. The molecule has 3 aromatic rings. The van der Waals surface area contributed by atoms with Crippen molar-refractivity contribution in [3.8, 4) is 11.4 Å². The lowest BCUT2D eigenvalue weighted by atomic mass is 10.1. The molecule has 1 unspecified atom stereocenters. The number of nitrogens with zero attached hydrogens (tertiary/aromatic N) is 6. The van der Waals surface area contributed by atoms with E-state index in [1.807, 2.05) is 30.8 Å². The summed E-state index contributed by atoms with van der Waals surface area (Å²) in [6, 6.07) is 3.89. The summed E-state index contributed by atoms with van der Waals surface area (Å²) in [5, 5.41) is 5.58. The molecule has 0 radical (unpaired) electrons. The van der Waals surface area contributed by atoms with Crippen molar-refractivity contribution in [1.82, 2.24) is 24.7 Å². The molecule has 1 saturated heterocycles. The Balaban J connectivity index is 1.69. The standard InChI is InChI=1S/C20H26N6O/c1-14-17-19(25(2)11-9-16-8-4-5-12-27-16)22-18(15-7-6-10-21-13-15)23-20(17)26(3)24-14/h6-7,10,13,16H,4-5,8-9,11-12H2,1-3H3. The molecule has 1 fully saturated rings. The van der Waals surface area contributed by atoms with Crippen LogP contribution in [-0.2, 0) is 11.8 Å². The van der Waals surface area contributed by atoms with Gasteiger partial charge in [-0.3, -0.25) is 9.67 Å². The van der Waals surface area contributed by atoms with Gasteiger partial charge >= 0.3 is 0 Å². The second-order valence-corrected chi connectivity index (χ2v) is 7.22. The van der Waals surface area contributed by atoms with Crippen LogP contribution in [0.15, 0.2) is 24.5 Å². The van der Waals surface area contributed by atoms with Crippen LogP contribution < -0.4 is 4.90 Å². The molecule has 27 heavy (non-hydrogen) atoms. The number of pyridine rings is 1. The number of hydrogen-bond donors (Lipinski definition) is 0. The van der Waals surface area contributed by atoms with Gasteiger partial charge in [0.25, 0.3) is 0 Å². The minimum absolute atomic E-state index is 0.353. The lowest BCUT2D eigenvalue weighted by Gasteiger charge is -2.26. The first-order chi connectivity index (χ1) is 13.1. The summed E-state index contributed by atoms with van der Waals surface area (Å²) in [6.45, 7) is 3.79. The maximum atomic E-state index is 5.89. The van der Waals surface area contributed by atoms with Crippen molar-refractivity contribution in [2.24, 2.45) is 7.05 Å². The fraction of sp³-hybridized carbons (Fsp3) is 0.500. The van der Waals surface area contributed by atoms with Crippen LogP contribution in [0.25, 0.3) is 22.4 Å². The van der Waals surface area contributed by atoms with Crippen molar-refractivity contribution in [2.75, 3.05) is 25.1 Å². The highest BCUT2D eigenvalue weighted by Crippen LogP contribution is 2.29. The van der Waals surface area contributed by atoms with Crippen LogP contribution in [0.1, 0.15) is 31.4 Å². The van der Waals surface area contributed by atoms with Gasteiger partial charge in [-0.1, -0.05) is 0 Å². The molecule has 0 amide bonds. The predicted octanol–water partition coefficient (Wildman–Crippen LogP) is 3.13. The minimum atomic E-state index is 0.353.